The molecule has 1 aromatic heterocycles. The third-order valence-corrected chi connectivity index (χ3v) is 5.70. The van der Waals surface area contributed by atoms with Crippen molar-refractivity contribution in [2.24, 2.45) is 5.10 Å². The number of nitrogens with one attached hydrogen (secondary N) is 2. The molecule has 0 unspecified atom stereocenters. The first kappa shape index (κ1) is 26.2. The van der Waals surface area contributed by atoms with Gasteiger partial charge in [0.05, 0.1) is 31.1 Å². The molecule has 0 aliphatic heterocycles. The Kier molecular flexibility index (Phi) is 8.18. The summed E-state index contributed by atoms with van der Waals surface area (Å²) in [4.78, 5) is 39.3. The Morgan fingerprint density at radius 2 is 1.95 bits per heavy atom. The molecule has 0 fully saturated rings. The van der Waals surface area contributed by atoms with Crippen LogP contribution in [-0.2, 0) is 6.54 Å². The summed E-state index contributed by atoms with van der Waals surface area (Å²) in [5.41, 5.74) is 4.76. The highest BCUT2D eigenvalue weighted by molar-refractivity contribution is 9.10. The number of nitrogens with zero attached hydrogens (tertiary/aromatic N) is 5. The topological polar surface area (TPSA) is 154 Å². The largest absolute Gasteiger partial charge is 0.496 e. The van der Waals surface area contributed by atoms with Gasteiger partial charge in [-0.25, -0.2) is 5.43 Å². The van der Waals surface area contributed by atoms with E-state index in [1.54, 1.807) is 60.7 Å². The molecule has 1 heterocycles. The fourth-order valence-corrected chi connectivity index (χ4v) is 3.86. The van der Waals surface area contributed by atoms with Crippen molar-refractivity contribution in [2.45, 2.75) is 6.54 Å². The number of methoxy groups -OCH3 is 1. The molecule has 38 heavy (non-hydrogen) atoms. The van der Waals surface area contributed by atoms with Crippen molar-refractivity contribution < 1.29 is 19.2 Å². The molecule has 13 heteroatoms. The lowest BCUT2D eigenvalue weighted by Crippen LogP contribution is -2.21. The van der Waals surface area contributed by atoms with Crippen molar-refractivity contribution in [3.63, 3.8) is 0 Å². The van der Waals surface area contributed by atoms with E-state index in [2.05, 4.69) is 41.9 Å². The molecule has 0 saturated heterocycles. The quantitative estimate of drug-likeness (QED) is 0.173. The summed E-state index contributed by atoms with van der Waals surface area (Å²) in [5, 5.41) is 21.4. The summed E-state index contributed by atoms with van der Waals surface area (Å²) in [6.07, 6.45) is 2.69. The first-order valence-corrected chi connectivity index (χ1v) is 11.8. The molecule has 3 aromatic carbocycles. The fraction of sp³-hybridized carbons (Fsp3) is 0.0800. The predicted octanol–water partition coefficient (Wildman–Crippen LogP) is 4.02. The molecule has 192 valence electrons. The molecule has 0 radical (unpaired) electrons. The van der Waals surface area contributed by atoms with E-state index >= 15 is 0 Å². The van der Waals surface area contributed by atoms with Crippen molar-refractivity contribution in [1.82, 2.24) is 20.2 Å². The summed E-state index contributed by atoms with van der Waals surface area (Å²) in [5.74, 6) is -0.842. The molecular formula is C25H20BrN7O5. The van der Waals surface area contributed by atoms with Crippen LogP contribution in [0, 0.1) is 10.1 Å². The molecule has 0 saturated carbocycles. The van der Waals surface area contributed by atoms with Crippen molar-refractivity contribution in [1.29, 1.82) is 0 Å². The number of para-hydroxylation sites is 1. The number of benzene rings is 3. The van der Waals surface area contributed by atoms with E-state index in [1.807, 2.05) is 6.07 Å². The summed E-state index contributed by atoms with van der Waals surface area (Å²) < 4.78 is 7.44. The van der Waals surface area contributed by atoms with E-state index < -0.39 is 16.8 Å². The van der Waals surface area contributed by atoms with E-state index in [4.69, 9.17) is 4.74 Å². The number of nitro groups is 1. The fourth-order valence-electron chi connectivity index (χ4n) is 3.46. The maximum atomic E-state index is 12.8. The van der Waals surface area contributed by atoms with Crippen LogP contribution in [0.2, 0.25) is 0 Å². The van der Waals surface area contributed by atoms with Crippen molar-refractivity contribution in [2.75, 3.05) is 12.4 Å². The van der Waals surface area contributed by atoms with Crippen LogP contribution >= 0.6 is 15.9 Å². The Labute approximate surface area is 224 Å². The standard InChI is InChI=1S/C25H20BrN7O5/c1-38-22-10-9-16(11-18(22)14-32-15-27-25(31-32)33(36)37)13-28-30-24(35)20-7-2-3-8-21(20)29-23(34)17-5-4-6-19(26)12-17/h2-13,15H,14H2,1H3,(H,29,34)(H,30,35). The number of amides is 2. The monoisotopic (exact) mass is 577 g/mol. The Morgan fingerprint density at radius 1 is 1.13 bits per heavy atom. The van der Waals surface area contributed by atoms with Gasteiger partial charge in [-0.05, 0) is 59.0 Å². The molecule has 0 bridgehead atoms. The number of anilines is 1. The molecule has 2 amide bonds. The van der Waals surface area contributed by atoms with Gasteiger partial charge in [-0.3, -0.25) is 9.59 Å². The molecule has 12 nitrogen and oxygen atoms in total. The van der Waals surface area contributed by atoms with E-state index in [-0.39, 0.29) is 18.0 Å². The summed E-state index contributed by atoms with van der Waals surface area (Å²) in [6.45, 7) is 0.170. The summed E-state index contributed by atoms with van der Waals surface area (Å²) in [6, 6.07) is 18.7. The molecule has 0 atom stereocenters. The first-order chi connectivity index (χ1) is 18.3. The van der Waals surface area contributed by atoms with Gasteiger partial charge in [0.25, 0.3) is 11.8 Å². The molecule has 0 aliphatic carbocycles. The zero-order valence-corrected chi connectivity index (χ0v) is 21.5. The van der Waals surface area contributed by atoms with Gasteiger partial charge in [-0.2, -0.15) is 9.78 Å². The SMILES string of the molecule is COc1ccc(C=NNC(=O)c2ccccc2NC(=O)c2cccc(Br)c2)cc1Cn1cnc([N+](=O)[O-])n1. The van der Waals surface area contributed by atoms with Gasteiger partial charge in [0.2, 0.25) is 6.33 Å². The molecule has 2 N–H and O–H groups in total. The van der Waals surface area contributed by atoms with Gasteiger partial charge >= 0.3 is 5.95 Å². The molecule has 0 spiro atoms. The van der Waals surface area contributed by atoms with Crippen LogP contribution in [0.3, 0.4) is 0 Å². The van der Waals surface area contributed by atoms with Gasteiger partial charge < -0.3 is 20.2 Å². The second-order valence-corrected chi connectivity index (χ2v) is 8.70. The number of halogens is 1. The van der Waals surface area contributed by atoms with Gasteiger partial charge in [0.15, 0.2) is 0 Å². The average Bonchev–Trinajstić information content (AvgIpc) is 3.38. The molecule has 4 aromatic rings. The number of rotatable bonds is 9. The van der Waals surface area contributed by atoms with Crippen LogP contribution < -0.4 is 15.5 Å². The minimum absolute atomic E-state index is 0.170. The maximum absolute atomic E-state index is 12.8. The highest BCUT2D eigenvalue weighted by atomic mass is 79.9. The van der Waals surface area contributed by atoms with Crippen molar-refractivity contribution in [3.05, 3.63) is 110 Å². The Balaban J connectivity index is 1.45. The third kappa shape index (κ3) is 6.44. The van der Waals surface area contributed by atoms with Gasteiger partial charge in [-0.15, -0.1) is 0 Å². The normalized spacial score (nSPS) is 10.8. The highest BCUT2D eigenvalue weighted by Crippen LogP contribution is 2.21. The summed E-state index contributed by atoms with van der Waals surface area (Å²) >= 11 is 3.34. The van der Waals surface area contributed by atoms with Crippen LogP contribution in [0.5, 0.6) is 5.75 Å². The Bertz CT molecular complexity index is 1540. The van der Waals surface area contributed by atoms with Gasteiger partial charge in [0.1, 0.15) is 5.75 Å². The van der Waals surface area contributed by atoms with Crippen molar-refractivity contribution in [3.8, 4) is 5.75 Å². The van der Waals surface area contributed by atoms with E-state index in [0.29, 0.717) is 28.1 Å². The minimum Gasteiger partial charge on any atom is -0.496 e. The second-order valence-electron chi connectivity index (χ2n) is 7.78. The van der Waals surface area contributed by atoms with E-state index in [9.17, 15) is 19.7 Å². The third-order valence-electron chi connectivity index (χ3n) is 5.21. The minimum atomic E-state index is -0.677. The van der Waals surface area contributed by atoms with E-state index in [1.165, 1.54) is 24.3 Å². The number of carbonyl (C=O) groups excluding carboxylic acids is 2. The smallest absolute Gasteiger partial charge is 0.490 e. The van der Waals surface area contributed by atoms with Crippen LogP contribution in [0.25, 0.3) is 0 Å². The Hall–Kier alpha value is -4.91. The van der Waals surface area contributed by atoms with Crippen LogP contribution in [0.15, 0.2) is 82.6 Å². The van der Waals surface area contributed by atoms with E-state index in [0.717, 1.165) is 4.47 Å². The van der Waals surface area contributed by atoms with Crippen molar-refractivity contribution >= 4 is 45.6 Å². The highest BCUT2D eigenvalue weighted by Gasteiger charge is 2.16. The van der Waals surface area contributed by atoms with Crippen LogP contribution in [-0.4, -0.2) is 44.8 Å². The Morgan fingerprint density at radius 3 is 2.68 bits per heavy atom. The molecule has 4 rings (SSSR count). The number of hydrogen-bond acceptors (Lipinski definition) is 8. The number of aromatic nitrogens is 3. The number of ether oxygens (including phenoxy) is 1. The maximum Gasteiger partial charge on any atom is 0.490 e. The molecular weight excluding hydrogens is 558 g/mol. The summed E-state index contributed by atoms with van der Waals surface area (Å²) in [7, 11) is 1.50. The lowest BCUT2D eigenvalue weighted by Gasteiger charge is -2.10. The number of hydrazone groups is 1. The van der Waals surface area contributed by atoms with Gasteiger partial charge in [-0.1, -0.05) is 39.1 Å². The first-order valence-electron chi connectivity index (χ1n) is 11.0. The lowest BCUT2D eigenvalue weighted by atomic mass is 10.1. The average molecular weight is 578 g/mol. The zero-order valence-electron chi connectivity index (χ0n) is 19.9. The van der Waals surface area contributed by atoms with Gasteiger partial charge in [0, 0.05) is 20.7 Å². The number of carbonyl (C=O) groups is 2. The predicted molar refractivity (Wildman–Crippen MR) is 142 cm³/mol. The molecule has 0 aliphatic rings. The second kappa shape index (κ2) is 11.9. The van der Waals surface area contributed by atoms with Crippen LogP contribution in [0.4, 0.5) is 11.6 Å². The number of hydrogen-bond donors (Lipinski definition) is 2. The van der Waals surface area contributed by atoms with Crippen LogP contribution in [0.1, 0.15) is 31.8 Å². The zero-order chi connectivity index (χ0) is 27.1. The lowest BCUT2D eigenvalue weighted by molar-refractivity contribution is -0.394.